The van der Waals surface area contributed by atoms with Crippen molar-refractivity contribution < 1.29 is 9.90 Å². The normalized spacial score (nSPS) is 21.3. The fourth-order valence-electron chi connectivity index (χ4n) is 3.91. The molecule has 0 aromatic heterocycles. The summed E-state index contributed by atoms with van der Waals surface area (Å²) < 4.78 is 0. The number of hydrogen-bond acceptors (Lipinski definition) is 4. The molecule has 2 heterocycles. The Hall–Kier alpha value is -1.30. The van der Waals surface area contributed by atoms with Gasteiger partial charge in [0.05, 0.1) is 5.02 Å². The Labute approximate surface area is 154 Å². The van der Waals surface area contributed by atoms with Crippen LogP contribution < -0.4 is 5.32 Å². The van der Waals surface area contributed by atoms with Gasteiger partial charge in [0.15, 0.2) is 0 Å². The second-order valence-electron chi connectivity index (χ2n) is 7.23. The van der Waals surface area contributed by atoms with Crippen LogP contribution in [0.3, 0.4) is 0 Å². The number of phenolic OH excluding ortho intramolecular Hbond substituents is 1. The van der Waals surface area contributed by atoms with E-state index in [0.29, 0.717) is 17.5 Å². The molecule has 2 aliphatic heterocycles. The molecule has 0 saturated carbocycles. The van der Waals surface area contributed by atoms with Gasteiger partial charge in [0, 0.05) is 38.1 Å². The van der Waals surface area contributed by atoms with Crippen molar-refractivity contribution in [2.75, 3.05) is 39.3 Å². The summed E-state index contributed by atoms with van der Waals surface area (Å²) in [5.74, 6) is 0.221. The fourth-order valence-corrected chi connectivity index (χ4v) is 4.11. The number of piperazine rings is 1. The van der Waals surface area contributed by atoms with Crippen LogP contribution in [0, 0.1) is 5.92 Å². The molecular weight excluding hydrogens is 338 g/mol. The number of benzene rings is 1. The minimum Gasteiger partial charge on any atom is -0.506 e. The summed E-state index contributed by atoms with van der Waals surface area (Å²) in [6, 6.07) is 5.85. The number of nitrogens with one attached hydrogen (secondary N) is 1. The maximum Gasteiger partial charge on any atom is 0.225 e. The first-order valence-electron chi connectivity index (χ1n) is 9.25. The largest absolute Gasteiger partial charge is 0.506 e. The Morgan fingerprint density at radius 1 is 1.28 bits per heavy atom. The first kappa shape index (κ1) is 18.5. The first-order valence-corrected chi connectivity index (χ1v) is 9.63. The smallest absolute Gasteiger partial charge is 0.225 e. The maximum atomic E-state index is 12.8. The number of halogens is 1. The standard InChI is InChI=1S/C19H28ClN3O2/c1-14(12-15-2-3-18(24)17(20)13-15)19(25)23-10-8-22(9-11-23)16-4-6-21-7-5-16/h2-3,13-14,16,21,24H,4-12H2,1H3/t14-/m1/s1. The van der Waals surface area contributed by atoms with E-state index in [1.165, 1.54) is 12.8 Å². The van der Waals surface area contributed by atoms with Crippen molar-refractivity contribution in [1.29, 1.82) is 0 Å². The van der Waals surface area contributed by atoms with E-state index >= 15 is 0 Å². The summed E-state index contributed by atoms with van der Waals surface area (Å²) in [5, 5.41) is 13.3. The lowest BCUT2D eigenvalue weighted by molar-refractivity contribution is -0.137. The van der Waals surface area contributed by atoms with Gasteiger partial charge in [-0.1, -0.05) is 24.6 Å². The van der Waals surface area contributed by atoms with Gasteiger partial charge in [0.2, 0.25) is 5.91 Å². The number of carbonyl (C=O) groups is 1. The zero-order valence-corrected chi connectivity index (χ0v) is 15.6. The topological polar surface area (TPSA) is 55.8 Å². The van der Waals surface area contributed by atoms with E-state index in [1.807, 2.05) is 17.9 Å². The van der Waals surface area contributed by atoms with Crippen molar-refractivity contribution in [2.45, 2.75) is 32.2 Å². The molecule has 0 aliphatic carbocycles. The van der Waals surface area contributed by atoms with Crippen LogP contribution >= 0.6 is 11.6 Å². The summed E-state index contributed by atoms with van der Waals surface area (Å²) in [6.07, 6.45) is 3.07. The molecule has 25 heavy (non-hydrogen) atoms. The van der Waals surface area contributed by atoms with Crippen LogP contribution in [0.4, 0.5) is 0 Å². The van der Waals surface area contributed by atoms with Crippen molar-refractivity contribution in [2.24, 2.45) is 5.92 Å². The van der Waals surface area contributed by atoms with Crippen molar-refractivity contribution in [1.82, 2.24) is 15.1 Å². The third-order valence-corrected chi connectivity index (χ3v) is 5.73. The van der Waals surface area contributed by atoms with Crippen LogP contribution in [0.15, 0.2) is 18.2 Å². The highest BCUT2D eigenvalue weighted by atomic mass is 35.5. The van der Waals surface area contributed by atoms with Gasteiger partial charge in [-0.2, -0.15) is 0 Å². The van der Waals surface area contributed by atoms with E-state index in [1.54, 1.807) is 12.1 Å². The molecule has 1 aromatic rings. The van der Waals surface area contributed by atoms with Crippen molar-refractivity contribution in [3.8, 4) is 5.75 Å². The molecule has 0 unspecified atom stereocenters. The van der Waals surface area contributed by atoms with Gasteiger partial charge < -0.3 is 15.3 Å². The van der Waals surface area contributed by atoms with Gasteiger partial charge in [-0.15, -0.1) is 0 Å². The van der Waals surface area contributed by atoms with E-state index in [4.69, 9.17) is 11.6 Å². The lowest BCUT2D eigenvalue weighted by Crippen LogP contribution is -2.54. The maximum absolute atomic E-state index is 12.8. The highest BCUT2D eigenvalue weighted by Gasteiger charge is 2.28. The third kappa shape index (κ3) is 4.66. The Morgan fingerprint density at radius 2 is 1.96 bits per heavy atom. The molecule has 6 heteroatoms. The fraction of sp³-hybridized carbons (Fsp3) is 0.632. The van der Waals surface area contributed by atoms with E-state index in [-0.39, 0.29) is 17.6 Å². The molecule has 2 N–H and O–H groups in total. The van der Waals surface area contributed by atoms with Gasteiger partial charge in [-0.25, -0.2) is 0 Å². The number of piperidine rings is 1. The molecule has 2 saturated heterocycles. The number of carbonyl (C=O) groups excluding carboxylic acids is 1. The lowest BCUT2D eigenvalue weighted by atomic mass is 9.99. The third-order valence-electron chi connectivity index (χ3n) is 5.43. The molecule has 138 valence electrons. The molecule has 2 fully saturated rings. The van der Waals surface area contributed by atoms with Crippen molar-refractivity contribution in [3.05, 3.63) is 28.8 Å². The second kappa shape index (κ2) is 8.39. The zero-order valence-electron chi connectivity index (χ0n) is 14.9. The molecule has 1 amide bonds. The average molecular weight is 366 g/mol. The van der Waals surface area contributed by atoms with Gasteiger partial charge in [0.1, 0.15) is 5.75 Å². The minimum absolute atomic E-state index is 0.0777. The quantitative estimate of drug-likeness (QED) is 0.858. The van der Waals surface area contributed by atoms with Gasteiger partial charge in [-0.05, 0) is 50.0 Å². The average Bonchev–Trinajstić information content (AvgIpc) is 2.65. The second-order valence-corrected chi connectivity index (χ2v) is 7.64. The highest BCUT2D eigenvalue weighted by molar-refractivity contribution is 6.32. The van der Waals surface area contributed by atoms with Crippen LogP contribution in [0.5, 0.6) is 5.75 Å². The Balaban J connectivity index is 1.50. The SMILES string of the molecule is C[C@H](Cc1ccc(O)c(Cl)c1)C(=O)N1CCN(C2CCNCC2)CC1. The van der Waals surface area contributed by atoms with E-state index < -0.39 is 0 Å². The summed E-state index contributed by atoms with van der Waals surface area (Å²) >= 11 is 5.96. The lowest BCUT2D eigenvalue weighted by Gasteiger charge is -2.41. The van der Waals surface area contributed by atoms with Crippen LogP contribution in [0.25, 0.3) is 0 Å². The molecule has 1 aromatic carbocycles. The Bertz CT molecular complexity index is 596. The Kier molecular flexibility index (Phi) is 6.20. The Morgan fingerprint density at radius 3 is 2.60 bits per heavy atom. The minimum atomic E-state index is -0.0777. The summed E-state index contributed by atoms with van der Waals surface area (Å²) in [4.78, 5) is 17.3. The predicted octanol–water partition coefficient (Wildman–Crippen LogP) is 2.12. The van der Waals surface area contributed by atoms with Gasteiger partial charge in [-0.3, -0.25) is 9.69 Å². The van der Waals surface area contributed by atoms with Gasteiger partial charge in [0.25, 0.3) is 0 Å². The van der Waals surface area contributed by atoms with E-state index in [9.17, 15) is 9.90 Å². The molecule has 5 nitrogen and oxygen atoms in total. The molecule has 0 spiro atoms. The van der Waals surface area contributed by atoms with Crippen LogP contribution in [0.2, 0.25) is 5.02 Å². The summed E-state index contributed by atoms with van der Waals surface area (Å²) in [6.45, 7) is 7.80. The molecule has 0 bridgehead atoms. The molecule has 2 aliphatic rings. The molecule has 3 rings (SSSR count). The van der Waals surface area contributed by atoms with E-state index in [2.05, 4.69) is 10.2 Å². The van der Waals surface area contributed by atoms with Crippen molar-refractivity contribution in [3.63, 3.8) is 0 Å². The zero-order chi connectivity index (χ0) is 17.8. The van der Waals surface area contributed by atoms with Crippen LogP contribution in [-0.4, -0.2) is 66.1 Å². The summed E-state index contributed by atoms with van der Waals surface area (Å²) in [7, 11) is 0. The predicted molar refractivity (Wildman–Crippen MR) is 100 cm³/mol. The number of amides is 1. The van der Waals surface area contributed by atoms with Crippen molar-refractivity contribution >= 4 is 17.5 Å². The van der Waals surface area contributed by atoms with E-state index in [0.717, 1.165) is 44.8 Å². The number of rotatable bonds is 4. The molecular formula is C19H28ClN3O2. The summed E-state index contributed by atoms with van der Waals surface area (Å²) in [5.41, 5.74) is 0.983. The van der Waals surface area contributed by atoms with Gasteiger partial charge >= 0.3 is 0 Å². The number of nitrogens with zero attached hydrogens (tertiary/aromatic N) is 2. The van der Waals surface area contributed by atoms with Crippen LogP contribution in [-0.2, 0) is 11.2 Å². The highest BCUT2D eigenvalue weighted by Crippen LogP contribution is 2.25. The number of hydrogen-bond donors (Lipinski definition) is 2. The molecule has 1 atom stereocenters. The first-order chi connectivity index (χ1) is 12.0. The number of phenols is 1. The monoisotopic (exact) mass is 365 g/mol. The van der Waals surface area contributed by atoms with Crippen LogP contribution in [0.1, 0.15) is 25.3 Å². The number of aromatic hydroxyl groups is 1. The molecule has 0 radical (unpaired) electrons.